The molecular weight excluding hydrogens is 204 g/mol. The fourth-order valence-corrected chi connectivity index (χ4v) is 0.953. The predicted octanol–water partition coefficient (Wildman–Crippen LogP) is 1.90. The smallest absolute Gasteiger partial charge is 0.306 e. The summed E-state index contributed by atoms with van der Waals surface area (Å²) < 4.78 is 0. The number of hydrogen-bond donors (Lipinski definition) is 1. The monoisotopic (exact) mass is 219 g/mol. The summed E-state index contributed by atoms with van der Waals surface area (Å²) in [6, 6.07) is 0. The van der Waals surface area contributed by atoms with Crippen molar-refractivity contribution >= 4 is 14.4 Å². The van der Waals surface area contributed by atoms with Crippen LogP contribution in [-0.4, -0.2) is 19.5 Å². The number of carbonyl (C=O) groups is 1. The number of carboxylic acid groups (broad SMARTS) is 1. The van der Waals surface area contributed by atoms with Gasteiger partial charge in [0, 0.05) is 27.9 Å². The molecule has 0 aromatic heterocycles. The summed E-state index contributed by atoms with van der Waals surface area (Å²) in [5.41, 5.74) is 0. The Morgan fingerprint density at radius 3 is 2.17 bits per heavy atom. The molecule has 1 atom stereocenters. The van der Waals surface area contributed by atoms with Gasteiger partial charge in [0.15, 0.2) is 0 Å². The topological polar surface area (TPSA) is 37.3 Å². The van der Waals surface area contributed by atoms with E-state index in [1.807, 2.05) is 6.92 Å². The Morgan fingerprint density at radius 2 is 1.92 bits per heavy atom. The Hall–Kier alpha value is 0.158. The van der Waals surface area contributed by atoms with Crippen LogP contribution in [0.25, 0.3) is 0 Å². The fraction of sp³-hybridized carbons (Fsp3) is 0.875. The van der Waals surface area contributed by atoms with Gasteiger partial charge in [-0.25, -0.2) is 0 Å². The van der Waals surface area contributed by atoms with Crippen molar-refractivity contribution in [1.82, 2.24) is 0 Å². The summed E-state index contributed by atoms with van der Waals surface area (Å²) in [5, 5.41) is 8.60. The van der Waals surface area contributed by atoms with Gasteiger partial charge in [0.2, 0.25) is 0 Å². The minimum absolute atomic E-state index is 0. The molecule has 0 amide bonds. The summed E-state index contributed by atoms with van der Waals surface area (Å²) in [4.78, 5) is 10.4. The molecule has 0 aliphatic rings. The molecule has 0 aliphatic heterocycles. The van der Waals surface area contributed by atoms with E-state index in [1.54, 1.807) is 0 Å². The Labute approximate surface area is 89.5 Å². The van der Waals surface area contributed by atoms with E-state index < -0.39 is 5.97 Å². The van der Waals surface area contributed by atoms with E-state index in [4.69, 9.17) is 5.11 Å². The average Bonchev–Trinajstić information content (AvgIpc) is 1.89. The molecule has 0 spiro atoms. The van der Waals surface area contributed by atoms with Gasteiger partial charge >= 0.3 is 5.97 Å². The molecule has 0 fully saturated rings. The van der Waals surface area contributed by atoms with E-state index in [1.165, 1.54) is 0 Å². The van der Waals surface area contributed by atoms with E-state index in [-0.39, 0.29) is 33.8 Å². The van der Waals surface area contributed by atoms with Crippen LogP contribution in [-0.2, 0) is 24.3 Å². The molecule has 0 saturated heterocycles. The fourth-order valence-electron chi connectivity index (χ4n) is 0.953. The van der Waals surface area contributed by atoms with Gasteiger partial charge in [0.05, 0.1) is 5.92 Å². The minimum Gasteiger partial charge on any atom is -0.481 e. The van der Waals surface area contributed by atoms with Crippen LogP contribution >= 0.6 is 0 Å². The van der Waals surface area contributed by atoms with E-state index in [2.05, 4.69) is 6.92 Å². The maximum Gasteiger partial charge on any atom is 0.306 e. The molecular formula is C8H16BO2Zn. The van der Waals surface area contributed by atoms with Gasteiger partial charge in [-0.3, -0.25) is 4.79 Å². The van der Waals surface area contributed by atoms with Gasteiger partial charge in [-0.1, -0.05) is 26.7 Å². The molecule has 65 valence electrons. The van der Waals surface area contributed by atoms with Crippen LogP contribution in [0.5, 0.6) is 0 Å². The van der Waals surface area contributed by atoms with Crippen molar-refractivity contribution in [3.63, 3.8) is 0 Å². The van der Waals surface area contributed by atoms with Gasteiger partial charge in [0.1, 0.15) is 0 Å². The Bertz CT molecular complexity index is 109. The van der Waals surface area contributed by atoms with Gasteiger partial charge in [0.25, 0.3) is 0 Å². The number of rotatable bonds is 5. The maximum absolute atomic E-state index is 10.4. The van der Waals surface area contributed by atoms with Crippen molar-refractivity contribution in [1.29, 1.82) is 0 Å². The summed E-state index contributed by atoms with van der Waals surface area (Å²) >= 11 is 0. The Balaban J connectivity index is -0.000000405. The third kappa shape index (κ3) is 8.26. The second-order valence-corrected chi connectivity index (χ2v) is 2.59. The van der Waals surface area contributed by atoms with Crippen LogP contribution in [0.2, 0.25) is 0 Å². The molecule has 0 rings (SSSR count). The first-order valence-electron chi connectivity index (χ1n) is 3.95. The molecule has 3 radical (unpaired) electrons. The third-order valence-corrected chi connectivity index (χ3v) is 1.75. The zero-order chi connectivity index (χ0) is 7.98. The Morgan fingerprint density at radius 1 is 1.42 bits per heavy atom. The predicted molar refractivity (Wildman–Crippen MR) is 46.7 cm³/mol. The summed E-state index contributed by atoms with van der Waals surface area (Å²) in [7, 11) is 0. The van der Waals surface area contributed by atoms with Crippen LogP contribution in [0.1, 0.15) is 39.5 Å². The number of hydrogen-bond acceptors (Lipinski definition) is 1. The van der Waals surface area contributed by atoms with Crippen molar-refractivity contribution < 1.29 is 29.4 Å². The first-order valence-corrected chi connectivity index (χ1v) is 3.95. The van der Waals surface area contributed by atoms with Crippen molar-refractivity contribution in [2.45, 2.75) is 39.5 Å². The molecule has 4 heteroatoms. The van der Waals surface area contributed by atoms with Crippen molar-refractivity contribution in [2.75, 3.05) is 0 Å². The van der Waals surface area contributed by atoms with Crippen LogP contribution in [0.3, 0.4) is 0 Å². The van der Waals surface area contributed by atoms with E-state index in [0.29, 0.717) is 0 Å². The average molecular weight is 220 g/mol. The van der Waals surface area contributed by atoms with Crippen LogP contribution < -0.4 is 0 Å². The summed E-state index contributed by atoms with van der Waals surface area (Å²) in [6.07, 6.45) is 3.71. The molecule has 0 saturated carbocycles. The molecule has 12 heavy (non-hydrogen) atoms. The molecule has 0 bridgehead atoms. The number of carboxylic acids is 1. The zero-order valence-electron chi connectivity index (χ0n) is 8.05. The number of aliphatic carboxylic acids is 1. The maximum atomic E-state index is 10.4. The standard InChI is InChI=1S/C8H16O2.B.Zn/c1-3-5-6-7(4-2)8(9)10;;/h7H,3-6H2,1-2H3,(H,9,10);;. The number of unbranched alkanes of at least 4 members (excludes halogenated alkanes) is 1. The normalized spacial score (nSPS) is 10.8. The van der Waals surface area contributed by atoms with E-state index >= 15 is 0 Å². The Kier molecular flexibility index (Phi) is 16.8. The first kappa shape index (κ1) is 18.0. The molecule has 1 unspecified atom stereocenters. The molecule has 2 nitrogen and oxygen atoms in total. The third-order valence-electron chi connectivity index (χ3n) is 1.75. The van der Waals surface area contributed by atoms with Gasteiger partial charge in [-0.2, -0.15) is 0 Å². The largest absolute Gasteiger partial charge is 0.481 e. The minimum atomic E-state index is -0.643. The SMILES string of the molecule is CCCCC(CC)C(=O)O.[B].[Zn]. The molecule has 0 aliphatic carbocycles. The molecule has 1 N–H and O–H groups in total. The van der Waals surface area contributed by atoms with Gasteiger partial charge in [-0.05, 0) is 12.8 Å². The van der Waals surface area contributed by atoms with E-state index in [0.717, 1.165) is 25.7 Å². The van der Waals surface area contributed by atoms with Gasteiger partial charge < -0.3 is 5.11 Å². The second kappa shape index (κ2) is 11.2. The van der Waals surface area contributed by atoms with E-state index in [9.17, 15) is 4.79 Å². The van der Waals surface area contributed by atoms with Crippen LogP contribution in [0, 0.1) is 5.92 Å². The zero-order valence-corrected chi connectivity index (χ0v) is 11.0. The molecule has 0 heterocycles. The van der Waals surface area contributed by atoms with Crippen molar-refractivity contribution in [3.05, 3.63) is 0 Å². The molecule has 0 aromatic carbocycles. The molecule has 0 aromatic rings. The van der Waals surface area contributed by atoms with Crippen molar-refractivity contribution in [2.24, 2.45) is 5.92 Å². The van der Waals surface area contributed by atoms with Crippen LogP contribution in [0.15, 0.2) is 0 Å². The van der Waals surface area contributed by atoms with Crippen LogP contribution in [0.4, 0.5) is 0 Å². The van der Waals surface area contributed by atoms with Gasteiger partial charge in [-0.15, -0.1) is 0 Å². The quantitative estimate of drug-likeness (QED) is 0.719. The van der Waals surface area contributed by atoms with Crippen molar-refractivity contribution in [3.8, 4) is 0 Å². The first-order chi connectivity index (χ1) is 4.72. The second-order valence-electron chi connectivity index (χ2n) is 2.59. The summed E-state index contributed by atoms with van der Waals surface area (Å²) in [5.74, 6) is -0.754. The summed E-state index contributed by atoms with van der Waals surface area (Å²) in [6.45, 7) is 4.00.